The van der Waals surface area contributed by atoms with Crippen LogP contribution in [0.4, 0.5) is 4.79 Å². The molecule has 19 heavy (non-hydrogen) atoms. The van der Waals surface area contributed by atoms with Gasteiger partial charge in [-0.15, -0.1) is 10.2 Å². The molecule has 1 aromatic rings. The third-order valence-corrected chi connectivity index (χ3v) is 2.97. The largest absolute Gasteiger partial charge is 0.481 e. The van der Waals surface area contributed by atoms with Crippen LogP contribution < -0.4 is 5.32 Å². The van der Waals surface area contributed by atoms with Crippen molar-refractivity contribution in [2.45, 2.75) is 12.6 Å². The lowest BCUT2D eigenvalue weighted by molar-refractivity contribution is -0.142. The van der Waals surface area contributed by atoms with Gasteiger partial charge in [0.15, 0.2) is 5.82 Å². The van der Waals surface area contributed by atoms with Crippen LogP contribution in [-0.4, -0.2) is 68.9 Å². The van der Waals surface area contributed by atoms with E-state index in [0.717, 1.165) is 0 Å². The molecule has 1 aliphatic rings. The number of nitrogens with one attached hydrogen (secondary N) is 2. The predicted octanol–water partition coefficient (Wildman–Crippen LogP) is -1.56. The number of rotatable bonds is 4. The van der Waals surface area contributed by atoms with E-state index >= 15 is 0 Å². The van der Waals surface area contributed by atoms with Crippen LogP contribution in [0.15, 0.2) is 0 Å². The van der Waals surface area contributed by atoms with Gasteiger partial charge in [0.1, 0.15) is 5.92 Å². The Morgan fingerprint density at radius 3 is 3.00 bits per heavy atom. The Morgan fingerprint density at radius 1 is 1.58 bits per heavy atom. The van der Waals surface area contributed by atoms with Crippen LogP contribution in [0.2, 0.25) is 0 Å². The highest BCUT2D eigenvalue weighted by Gasteiger charge is 2.38. The van der Waals surface area contributed by atoms with E-state index in [4.69, 9.17) is 9.84 Å². The number of tetrazole rings is 1. The van der Waals surface area contributed by atoms with Crippen molar-refractivity contribution in [3.8, 4) is 0 Å². The Bertz CT molecular complexity index is 450. The SMILES string of the molecule is CN(C(=O)NCc1nn[nH]n1)C1COCC1C(=O)O. The number of nitrogens with zero attached hydrogens (tertiary/aromatic N) is 4. The molecule has 10 nitrogen and oxygen atoms in total. The van der Waals surface area contributed by atoms with Gasteiger partial charge < -0.3 is 20.1 Å². The summed E-state index contributed by atoms with van der Waals surface area (Å²) in [5.41, 5.74) is 0. The summed E-state index contributed by atoms with van der Waals surface area (Å²) in [6.07, 6.45) is 0. The van der Waals surface area contributed by atoms with Crippen LogP contribution in [0.3, 0.4) is 0 Å². The highest BCUT2D eigenvalue weighted by molar-refractivity contribution is 5.77. The summed E-state index contributed by atoms with van der Waals surface area (Å²) in [4.78, 5) is 24.2. The first-order valence-electron chi connectivity index (χ1n) is 5.63. The number of H-pyrrole nitrogens is 1. The van der Waals surface area contributed by atoms with Crippen molar-refractivity contribution >= 4 is 12.0 Å². The van der Waals surface area contributed by atoms with Crippen molar-refractivity contribution in [1.29, 1.82) is 0 Å². The fourth-order valence-corrected chi connectivity index (χ4v) is 1.85. The number of carboxylic acid groups (broad SMARTS) is 1. The zero-order valence-corrected chi connectivity index (χ0v) is 10.2. The molecular weight excluding hydrogens is 256 g/mol. The zero-order chi connectivity index (χ0) is 13.8. The van der Waals surface area contributed by atoms with E-state index in [-0.39, 0.29) is 19.8 Å². The van der Waals surface area contributed by atoms with Gasteiger partial charge in [-0.1, -0.05) is 5.21 Å². The first kappa shape index (κ1) is 13.2. The number of ether oxygens (including phenoxy) is 1. The molecular formula is C9H14N6O4. The van der Waals surface area contributed by atoms with Crippen LogP contribution in [0, 0.1) is 5.92 Å². The number of aromatic nitrogens is 4. The summed E-state index contributed by atoms with van der Waals surface area (Å²) < 4.78 is 5.11. The molecule has 2 amide bonds. The lowest BCUT2D eigenvalue weighted by atomic mass is 10.0. The van der Waals surface area contributed by atoms with Crippen molar-refractivity contribution < 1.29 is 19.4 Å². The number of hydrogen-bond donors (Lipinski definition) is 3. The summed E-state index contributed by atoms with van der Waals surface area (Å²) in [5.74, 6) is -1.33. The summed E-state index contributed by atoms with van der Waals surface area (Å²) in [6.45, 7) is 0.441. The Kier molecular flexibility index (Phi) is 3.90. The van der Waals surface area contributed by atoms with Crippen molar-refractivity contribution in [3.63, 3.8) is 0 Å². The Labute approximate surface area is 108 Å². The first-order chi connectivity index (χ1) is 9.09. The van der Waals surface area contributed by atoms with Crippen LogP contribution in [0.1, 0.15) is 5.82 Å². The number of urea groups is 1. The monoisotopic (exact) mass is 270 g/mol. The Balaban J connectivity index is 1.89. The van der Waals surface area contributed by atoms with Gasteiger partial charge in [-0.05, 0) is 0 Å². The Morgan fingerprint density at radius 2 is 2.37 bits per heavy atom. The molecule has 2 atom stereocenters. The number of aromatic amines is 1. The van der Waals surface area contributed by atoms with Gasteiger partial charge in [0.25, 0.3) is 0 Å². The van der Waals surface area contributed by atoms with E-state index in [2.05, 4.69) is 25.9 Å². The van der Waals surface area contributed by atoms with E-state index in [1.54, 1.807) is 0 Å². The van der Waals surface area contributed by atoms with Crippen molar-refractivity contribution in [1.82, 2.24) is 30.8 Å². The van der Waals surface area contributed by atoms with E-state index < -0.39 is 24.0 Å². The number of carbonyl (C=O) groups is 2. The molecule has 2 rings (SSSR count). The minimum atomic E-state index is -0.972. The van der Waals surface area contributed by atoms with Crippen LogP contribution in [0.5, 0.6) is 0 Å². The summed E-state index contributed by atoms with van der Waals surface area (Å²) in [7, 11) is 1.53. The van der Waals surface area contributed by atoms with E-state index in [1.165, 1.54) is 11.9 Å². The van der Waals surface area contributed by atoms with Gasteiger partial charge in [0, 0.05) is 7.05 Å². The summed E-state index contributed by atoms with van der Waals surface area (Å²) in [5, 5.41) is 24.6. The molecule has 3 N–H and O–H groups in total. The van der Waals surface area contributed by atoms with Crippen molar-refractivity contribution in [2.24, 2.45) is 5.92 Å². The van der Waals surface area contributed by atoms with Crippen LogP contribution in [-0.2, 0) is 16.1 Å². The standard InChI is InChI=1S/C9H14N6O4/c1-15(6-4-19-3-5(6)8(16)17)9(18)10-2-7-11-13-14-12-7/h5-6H,2-4H2,1H3,(H,10,18)(H,16,17)(H,11,12,13,14). The molecule has 2 heterocycles. The maximum Gasteiger partial charge on any atom is 0.317 e. The molecule has 10 heteroatoms. The maximum atomic E-state index is 11.9. The average molecular weight is 270 g/mol. The van der Waals surface area contributed by atoms with Gasteiger partial charge >= 0.3 is 12.0 Å². The molecule has 0 saturated carbocycles. The molecule has 1 saturated heterocycles. The molecule has 104 valence electrons. The second kappa shape index (κ2) is 5.61. The van der Waals surface area contributed by atoms with E-state index in [0.29, 0.717) is 5.82 Å². The summed E-state index contributed by atoms with van der Waals surface area (Å²) in [6, 6.07) is -0.894. The number of carboxylic acids is 1. The fourth-order valence-electron chi connectivity index (χ4n) is 1.85. The van der Waals surface area contributed by atoms with Gasteiger partial charge in [0.2, 0.25) is 0 Å². The molecule has 0 radical (unpaired) electrons. The second-order valence-electron chi connectivity index (χ2n) is 4.15. The average Bonchev–Trinajstić information content (AvgIpc) is 3.05. The third kappa shape index (κ3) is 2.96. The molecule has 0 aliphatic carbocycles. The molecule has 0 aromatic carbocycles. The highest BCUT2D eigenvalue weighted by atomic mass is 16.5. The predicted molar refractivity (Wildman–Crippen MR) is 59.9 cm³/mol. The van der Waals surface area contributed by atoms with Gasteiger partial charge in [-0.25, -0.2) is 4.79 Å². The number of aliphatic carboxylic acids is 1. The number of hydrogen-bond acceptors (Lipinski definition) is 6. The minimum Gasteiger partial charge on any atom is -0.481 e. The van der Waals surface area contributed by atoms with Crippen LogP contribution >= 0.6 is 0 Å². The summed E-state index contributed by atoms with van der Waals surface area (Å²) >= 11 is 0. The number of carbonyl (C=O) groups excluding carboxylic acids is 1. The fraction of sp³-hybridized carbons (Fsp3) is 0.667. The normalized spacial score (nSPS) is 22.2. The minimum absolute atomic E-state index is 0.114. The lowest BCUT2D eigenvalue weighted by Gasteiger charge is -2.26. The van der Waals surface area contributed by atoms with E-state index in [1.807, 2.05) is 0 Å². The van der Waals surface area contributed by atoms with Crippen molar-refractivity contribution in [3.05, 3.63) is 5.82 Å². The topological polar surface area (TPSA) is 133 Å². The highest BCUT2D eigenvalue weighted by Crippen LogP contribution is 2.18. The lowest BCUT2D eigenvalue weighted by Crippen LogP contribution is -2.48. The van der Waals surface area contributed by atoms with Crippen molar-refractivity contribution in [2.75, 3.05) is 20.3 Å². The molecule has 0 spiro atoms. The van der Waals surface area contributed by atoms with Gasteiger partial charge in [-0.2, -0.15) is 5.21 Å². The van der Waals surface area contributed by atoms with Gasteiger partial charge in [0.05, 0.1) is 25.8 Å². The molecule has 1 fully saturated rings. The third-order valence-electron chi connectivity index (χ3n) is 2.97. The molecule has 1 aliphatic heterocycles. The first-order valence-corrected chi connectivity index (χ1v) is 5.63. The van der Waals surface area contributed by atoms with E-state index in [9.17, 15) is 9.59 Å². The quantitative estimate of drug-likeness (QED) is 0.602. The second-order valence-corrected chi connectivity index (χ2v) is 4.15. The molecule has 2 unspecified atom stereocenters. The zero-order valence-electron chi connectivity index (χ0n) is 10.2. The molecule has 0 bridgehead atoms. The molecule has 1 aromatic heterocycles. The number of amides is 2. The Hall–Kier alpha value is -2.23. The maximum absolute atomic E-state index is 11.9. The van der Waals surface area contributed by atoms with Crippen LogP contribution in [0.25, 0.3) is 0 Å². The number of likely N-dealkylation sites (N-methyl/N-ethyl adjacent to an activating group) is 1. The smallest absolute Gasteiger partial charge is 0.317 e. The van der Waals surface area contributed by atoms with Gasteiger partial charge in [-0.3, -0.25) is 4.79 Å².